The largest absolute Gasteiger partial charge is 0.481 e. The van der Waals surface area contributed by atoms with Crippen LogP contribution in [-0.4, -0.2) is 45.8 Å². The summed E-state index contributed by atoms with van der Waals surface area (Å²) in [5.41, 5.74) is 0.978. The number of rotatable bonds is 8. The second-order valence-electron chi connectivity index (χ2n) is 8.35. The van der Waals surface area contributed by atoms with E-state index in [-0.39, 0.29) is 30.4 Å². The molecule has 0 radical (unpaired) electrons. The third-order valence-corrected chi connectivity index (χ3v) is 4.50. The summed E-state index contributed by atoms with van der Waals surface area (Å²) in [6.07, 6.45) is -0.579. The molecule has 4 N–H and O–H groups in total. The highest BCUT2D eigenvalue weighted by Gasteiger charge is 2.29. The molecule has 0 aliphatic rings. The molecule has 1 amide bonds. The van der Waals surface area contributed by atoms with Gasteiger partial charge in [-0.25, -0.2) is 4.79 Å². The fourth-order valence-corrected chi connectivity index (χ4v) is 2.62. The molecule has 1 unspecified atom stereocenters. The predicted molar refractivity (Wildman–Crippen MR) is 101 cm³/mol. The molecule has 7 heteroatoms. The van der Waals surface area contributed by atoms with Crippen molar-refractivity contribution >= 4 is 17.8 Å². The van der Waals surface area contributed by atoms with Crippen LogP contribution >= 0.6 is 0 Å². The molecule has 0 fully saturated rings. The van der Waals surface area contributed by atoms with Crippen molar-refractivity contribution in [3.63, 3.8) is 0 Å². The van der Waals surface area contributed by atoms with E-state index in [9.17, 15) is 24.6 Å². The smallest absolute Gasteiger partial charge is 0.326 e. The summed E-state index contributed by atoms with van der Waals surface area (Å²) in [7, 11) is 0. The molecule has 0 saturated heterocycles. The fourth-order valence-electron chi connectivity index (χ4n) is 2.62. The molecule has 1 aromatic carbocycles. The van der Waals surface area contributed by atoms with Crippen molar-refractivity contribution in [2.75, 3.05) is 6.61 Å². The van der Waals surface area contributed by atoms with Crippen LogP contribution in [0.5, 0.6) is 0 Å². The lowest BCUT2D eigenvalue weighted by Gasteiger charge is -2.29. The number of amides is 1. The number of aliphatic hydroxyl groups excluding tert-OH is 1. The van der Waals surface area contributed by atoms with Crippen molar-refractivity contribution in [1.82, 2.24) is 5.32 Å². The van der Waals surface area contributed by atoms with Gasteiger partial charge in [-0.3, -0.25) is 9.59 Å². The molecule has 0 aromatic heterocycles. The monoisotopic (exact) mass is 379 g/mol. The van der Waals surface area contributed by atoms with Crippen LogP contribution in [-0.2, 0) is 20.4 Å². The van der Waals surface area contributed by atoms with Crippen LogP contribution in [0.4, 0.5) is 0 Å². The molecule has 0 aliphatic heterocycles. The van der Waals surface area contributed by atoms with E-state index in [0.717, 1.165) is 5.56 Å². The Morgan fingerprint density at radius 1 is 1.07 bits per heavy atom. The summed E-state index contributed by atoms with van der Waals surface area (Å²) in [5.74, 6) is -3.03. The molecular weight excluding hydrogens is 350 g/mol. The zero-order chi connectivity index (χ0) is 21.0. The number of aliphatic hydroxyl groups is 1. The van der Waals surface area contributed by atoms with E-state index in [0.29, 0.717) is 5.56 Å². The van der Waals surface area contributed by atoms with Crippen molar-refractivity contribution in [3.05, 3.63) is 34.9 Å². The summed E-state index contributed by atoms with van der Waals surface area (Å²) >= 11 is 0. The van der Waals surface area contributed by atoms with Crippen LogP contribution in [0.25, 0.3) is 0 Å². The van der Waals surface area contributed by atoms with Crippen LogP contribution in [0.3, 0.4) is 0 Å². The minimum atomic E-state index is -1.30. The Morgan fingerprint density at radius 3 is 2.11 bits per heavy atom. The highest BCUT2D eigenvalue weighted by Crippen LogP contribution is 2.31. The average Bonchev–Trinajstić information content (AvgIpc) is 2.56. The first-order chi connectivity index (χ1) is 12.3. The first-order valence-corrected chi connectivity index (χ1v) is 8.81. The van der Waals surface area contributed by atoms with Gasteiger partial charge in [-0.15, -0.1) is 0 Å². The number of carbonyl (C=O) groups is 3. The second kappa shape index (κ2) is 8.52. The van der Waals surface area contributed by atoms with Crippen LogP contribution in [0, 0.1) is 0 Å². The van der Waals surface area contributed by atoms with Gasteiger partial charge in [0.15, 0.2) is 0 Å². The van der Waals surface area contributed by atoms with E-state index in [1.54, 1.807) is 26.0 Å². The average molecular weight is 379 g/mol. The molecule has 1 aromatic rings. The number of hydrogen-bond donors (Lipinski definition) is 4. The molecule has 0 spiro atoms. The lowest BCUT2D eigenvalue weighted by Crippen LogP contribution is -2.42. The Kier molecular flexibility index (Phi) is 7.14. The van der Waals surface area contributed by atoms with Gasteiger partial charge in [-0.2, -0.15) is 0 Å². The quantitative estimate of drug-likeness (QED) is 0.549. The van der Waals surface area contributed by atoms with Gasteiger partial charge >= 0.3 is 11.9 Å². The van der Waals surface area contributed by atoms with Crippen molar-refractivity contribution in [1.29, 1.82) is 0 Å². The number of nitrogens with one attached hydrogen (secondary N) is 1. The number of benzene rings is 1. The van der Waals surface area contributed by atoms with E-state index in [4.69, 9.17) is 5.11 Å². The van der Waals surface area contributed by atoms with Crippen molar-refractivity contribution in [3.8, 4) is 0 Å². The first-order valence-electron chi connectivity index (χ1n) is 8.81. The van der Waals surface area contributed by atoms with Gasteiger partial charge < -0.3 is 20.6 Å². The number of carboxylic acids is 2. The SMILES string of the molecule is CC(C)(C)c1ccc(C(=O)NC(CCC(=O)O)C(=O)O)c(C(C)(C)CO)c1. The highest BCUT2D eigenvalue weighted by molar-refractivity contribution is 5.98. The Hall–Kier alpha value is -2.41. The maximum absolute atomic E-state index is 12.7. The van der Waals surface area contributed by atoms with Crippen molar-refractivity contribution < 1.29 is 29.7 Å². The van der Waals surface area contributed by atoms with Gasteiger partial charge in [0.1, 0.15) is 6.04 Å². The minimum Gasteiger partial charge on any atom is -0.481 e. The third kappa shape index (κ3) is 6.06. The van der Waals surface area contributed by atoms with Gasteiger partial charge in [-0.05, 0) is 29.0 Å². The molecule has 1 rings (SSSR count). The van der Waals surface area contributed by atoms with Crippen LogP contribution in [0.1, 0.15) is 68.9 Å². The summed E-state index contributed by atoms with van der Waals surface area (Å²) in [4.78, 5) is 34.8. The zero-order valence-electron chi connectivity index (χ0n) is 16.5. The molecule has 27 heavy (non-hydrogen) atoms. The Labute approximate surface area is 159 Å². The van der Waals surface area contributed by atoms with E-state index in [1.807, 2.05) is 26.8 Å². The van der Waals surface area contributed by atoms with Gasteiger partial charge in [-0.1, -0.05) is 46.8 Å². The number of hydrogen-bond acceptors (Lipinski definition) is 4. The summed E-state index contributed by atoms with van der Waals surface area (Å²) in [5, 5.41) is 30.2. The molecule has 0 aliphatic carbocycles. The number of aliphatic carboxylic acids is 2. The Balaban J connectivity index is 3.28. The van der Waals surface area contributed by atoms with E-state index in [1.165, 1.54) is 0 Å². The van der Waals surface area contributed by atoms with Crippen LogP contribution < -0.4 is 5.32 Å². The van der Waals surface area contributed by atoms with E-state index >= 15 is 0 Å². The van der Waals surface area contributed by atoms with Gasteiger partial charge in [0.05, 0.1) is 6.61 Å². The number of carboxylic acid groups (broad SMARTS) is 2. The van der Waals surface area contributed by atoms with Crippen molar-refractivity contribution in [2.45, 2.75) is 64.3 Å². The van der Waals surface area contributed by atoms with E-state index in [2.05, 4.69) is 5.32 Å². The Bertz CT molecular complexity index is 718. The van der Waals surface area contributed by atoms with Gasteiger partial charge in [0.25, 0.3) is 5.91 Å². The molecule has 1 atom stereocenters. The maximum atomic E-state index is 12.7. The summed E-state index contributed by atoms with van der Waals surface area (Å²) in [6, 6.07) is 3.98. The Morgan fingerprint density at radius 2 is 1.67 bits per heavy atom. The normalized spacial score (nSPS) is 13.1. The van der Waals surface area contributed by atoms with Crippen molar-refractivity contribution in [2.24, 2.45) is 0 Å². The van der Waals surface area contributed by atoms with E-state index < -0.39 is 29.3 Å². The molecule has 0 bridgehead atoms. The lowest BCUT2D eigenvalue weighted by molar-refractivity contribution is -0.140. The number of carbonyl (C=O) groups excluding carboxylic acids is 1. The standard InChI is InChI=1S/C20H29NO6/c1-19(2,3)12-6-7-13(14(10-12)20(4,5)11-22)17(25)21-15(18(26)27)8-9-16(23)24/h6-7,10,15,22H,8-9,11H2,1-5H3,(H,21,25)(H,23,24)(H,26,27). The first kappa shape index (κ1) is 22.6. The summed E-state index contributed by atoms with van der Waals surface area (Å²) in [6.45, 7) is 9.50. The topological polar surface area (TPSA) is 124 Å². The molecule has 0 saturated carbocycles. The zero-order valence-corrected chi connectivity index (χ0v) is 16.5. The fraction of sp³-hybridized carbons (Fsp3) is 0.550. The second-order valence-corrected chi connectivity index (χ2v) is 8.35. The third-order valence-electron chi connectivity index (χ3n) is 4.50. The maximum Gasteiger partial charge on any atom is 0.326 e. The molecule has 7 nitrogen and oxygen atoms in total. The lowest BCUT2D eigenvalue weighted by atomic mass is 9.77. The highest BCUT2D eigenvalue weighted by atomic mass is 16.4. The van der Waals surface area contributed by atoms with Crippen LogP contribution in [0.2, 0.25) is 0 Å². The molecule has 0 heterocycles. The van der Waals surface area contributed by atoms with Crippen LogP contribution in [0.15, 0.2) is 18.2 Å². The molecule has 150 valence electrons. The minimum absolute atomic E-state index is 0.166. The van der Waals surface area contributed by atoms with Gasteiger partial charge in [0, 0.05) is 17.4 Å². The summed E-state index contributed by atoms with van der Waals surface area (Å²) < 4.78 is 0. The molecular formula is C20H29NO6. The predicted octanol–water partition coefficient (Wildman–Crippen LogP) is 2.30. The van der Waals surface area contributed by atoms with Gasteiger partial charge in [0.2, 0.25) is 0 Å².